The summed E-state index contributed by atoms with van der Waals surface area (Å²) < 4.78 is 0. The molecule has 0 unspecified atom stereocenters. The van der Waals surface area contributed by atoms with Gasteiger partial charge in [0.1, 0.15) is 10.7 Å². The van der Waals surface area contributed by atoms with E-state index in [1.807, 2.05) is 27.9 Å². The van der Waals surface area contributed by atoms with Crippen molar-refractivity contribution in [2.75, 3.05) is 31.3 Å². The SMILES string of the molecule is CC(C)NC(=O)CCNC(=O)c1sc(N(C)C)nc1N. The number of amides is 2. The Kier molecular flexibility index (Phi) is 5.75. The van der Waals surface area contributed by atoms with Gasteiger partial charge in [-0.25, -0.2) is 4.98 Å². The molecule has 0 fully saturated rings. The first-order valence-corrected chi connectivity index (χ1v) is 7.14. The van der Waals surface area contributed by atoms with Crippen molar-refractivity contribution in [1.29, 1.82) is 0 Å². The van der Waals surface area contributed by atoms with Gasteiger partial charge in [-0.3, -0.25) is 9.59 Å². The Hall–Kier alpha value is -1.83. The molecule has 0 aliphatic heterocycles. The molecule has 2 amide bonds. The van der Waals surface area contributed by atoms with E-state index in [1.165, 1.54) is 11.3 Å². The van der Waals surface area contributed by atoms with Crippen LogP contribution in [-0.4, -0.2) is 43.5 Å². The van der Waals surface area contributed by atoms with E-state index in [-0.39, 0.29) is 36.6 Å². The number of anilines is 2. The summed E-state index contributed by atoms with van der Waals surface area (Å²) in [5, 5.41) is 6.10. The third kappa shape index (κ3) is 4.69. The highest BCUT2D eigenvalue weighted by Gasteiger charge is 2.17. The van der Waals surface area contributed by atoms with Crippen molar-refractivity contribution in [2.45, 2.75) is 26.3 Å². The van der Waals surface area contributed by atoms with Crippen LogP contribution >= 0.6 is 11.3 Å². The van der Waals surface area contributed by atoms with E-state index >= 15 is 0 Å². The molecule has 0 bridgehead atoms. The molecule has 1 rings (SSSR count). The zero-order chi connectivity index (χ0) is 15.3. The maximum Gasteiger partial charge on any atom is 0.265 e. The van der Waals surface area contributed by atoms with Crippen molar-refractivity contribution in [1.82, 2.24) is 15.6 Å². The van der Waals surface area contributed by atoms with Gasteiger partial charge < -0.3 is 21.3 Å². The van der Waals surface area contributed by atoms with Crippen LogP contribution in [0.3, 0.4) is 0 Å². The minimum absolute atomic E-state index is 0.0912. The van der Waals surface area contributed by atoms with Gasteiger partial charge in [0.25, 0.3) is 5.91 Å². The fourth-order valence-electron chi connectivity index (χ4n) is 1.44. The molecule has 1 aromatic rings. The number of hydrogen-bond donors (Lipinski definition) is 3. The molecule has 20 heavy (non-hydrogen) atoms. The maximum absolute atomic E-state index is 11.9. The van der Waals surface area contributed by atoms with E-state index in [0.29, 0.717) is 10.0 Å². The van der Waals surface area contributed by atoms with E-state index < -0.39 is 0 Å². The highest BCUT2D eigenvalue weighted by atomic mass is 32.1. The summed E-state index contributed by atoms with van der Waals surface area (Å²) in [6.07, 6.45) is 0.239. The molecule has 8 heteroatoms. The van der Waals surface area contributed by atoms with Crippen LogP contribution in [0.1, 0.15) is 29.9 Å². The highest BCUT2D eigenvalue weighted by Crippen LogP contribution is 2.26. The topological polar surface area (TPSA) is 100 Å². The third-order valence-corrected chi connectivity index (χ3v) is 3.56. The van der Waals surface area contributed by atoms with E-state index in [9.17, 15) is 9.59 Å². The number of nitrogens with zero attached hydrogens (tertiary/aromatic N) is 2. The number of rotatable bonds is 6. The largest absolute Gasteiger partial charge is 0.382 e. The molecule has 1 heterocycles. The van der Waals surface area contributed by atoms with Crippen molar-refractivity contribution in [3.63, 3.8) is 0 Å². The van der Waals surface area contributed by atoms with Gasteiger partial charge in [-0.15, -0.1) is 0 Å². The van der Waals surface area contributed by atoms with Crippen molar-refractivity contribution in [3.05, 3.63) is 4.88 Å². The van der Waals surface area contributed by atoms with Crippen LogP contribution in [0.15, 0.2) is 0 Å². The summed E-state index contributed by atoms with van der Waals surface area (Å²) in [7, 11) is 3.66. The quantitative estimate of drug-likeness (QED) is 0.707. The molecule has 0 spiro atoms. The molecule has 112 valence electrons. The Bertz CT molecular complexity index is 484. The fraction of sp³-hybridized carbons (Fsp3) is 0.583. The minimum Gasteiger partial charge on any atom is -0.382 e. The van der Waals surface area contributed by atoms with E-state index in [2.05, 4.69) is 15.6 Å². The second kappa shape index (κ2) is 7.09. The van der Waals surface area contributed by atoms with Crippen molar-refractivity contribution in [2.24, 2.45) is 0 Å². The second-order valence-corrected chi connectivity index (χ2v) is 5.81. The Morgan fingerprint density at radius 2 is 2.05 bits per heavy atom. The number of nitrogens with one attached hydrogen (secondary N) is 2. The highest BCUT2D eigenvalue weighted by molar-refractivity contribution is 7.18. The molecular formula is C12H21N5O2S. The second-order valence-electron chi connectivity index (χ2n) is 4.83. The minimum atomic E-state index is -0.301. The van der Waals surface area contributed by atoms with Crippen molar-refractivity contribution in [3.8, 4) is 0 Å². The lowest BCUT2D eigenvalue weighted by atomic mass is 10.3. The Balaban J connectivity index is 2.49. The lowest BCUT2D eigenvalue weighted by Gasteiger charge is -2.08. The smallest absolute Gasteiger partial charge is 0.265 e. The van der Waals surface area contributed by atoms with Gasteiger partial charge in [0.15, 0.2) is 5.13 Å². The first kappa shape index (κ1) is 16.2. The standard InChI is InChI=1S/C12H21N5O2S/c1-7(2)15-8(18)5-6-14-11(19)9-10(13)16-12(20-9)17(3)4/h7H,5-6,13H2,1-4H3,(H,14,19)(H,15,18). The van der Waals surface area contributed by atoms with E-state index in [0.717, 1.165) is 0 Å². The molecule has 1 aromatic heterocycles. The first-order chi connectivity index (χ1) is 9.31. The summed E-state index contributed by atoms with van der Waals surface area (Å²) in [6.45, 7) is 4.04. The number of carbonyl (C=O) groups excluding carboxylic acids is 2. The van der Waals surface area contributed by atoms with Gasteiger partial charge in [0.05, 0.1) is 0 Å². The van der Waals surface area contributed by atoms with Gasteiger partial charge in [0, 0.05) is 33.1 Å². The summed E-state index contributed by atoms with van der Waals surface area (Å²) in [4.78, 5) is 29.6. The molecule has 0 aliphatic rings. The Morgan fingerprint density at radius 3 is 2.55 bits per heavy atom. The number of aromatic nitrogens is 1. The van der Waals surface area contributed by atoms with Crippen LogP contribution in [0.25, 0.3) is 0 Å². The monoisotopic (exact) mass is 299 g/mol. The van der Waals surface area contributed by atoms with Gasteiger partial charge in [-0.05, 0) is 13.8 Å². The molecule has 4 N–H and O–H groups in total. The summed E-state index contributed by atoms with van der Waals surface area (Å²) in [5.74, 6) is -0.181. The average Bonchev–Trinajstić information content (AvgIpc) is 2.70. The Labute approximate surface area is 122 Å². The molecular weight excluding hydrogens is 278 g/mol. The van der Waals surface area contributed by atoms with Crippen molar-refractivity contribution >= 4 is 34.1 Å². The maximum atomic E-state index is 11.9. The lowest BCUT2D eigenvalue weighted by molar-refractivity contribution is -0.121. The lowest BCUT2D eigenvalue weighted by Crippen LogP contribution is -2.34. The summed E-state index contributed by atoms with van der Waals surface area (Å²) in [5.41, 5.74) is 5.71. The number of nitrogen functional groups attached to an aromatic ring is 1. The molecule has 0 atom stereocenters. The molecule has 0 saturated heterocycles. The molecule has 0 radical (unpaired) electrons. The van der Waals surface area contributed by atoms with Crippen LogP contribution in [0.4, 0.5) is 10.9 Å². The molecule has 0 aliphatic carbocycles. The Morgan fingerprint density at radius 1 is 1.40 bits per heavy atom. The first-order valence-electron chi connectivity index (χ1n) is 6.32. The molecule has 7 nitrogen and oxygen atoms in total. The van der Waals surface area contributed by atoms with Crippen LogP contribution in [0.5, 0.6) is 0 Å². The number of carbonyl (C=O) groups is 2. The van der Waals surface area contributed by atoms with E-state index in [1.54, 1.807) is 4.90 Å². The predicted molar refractivity (Wildman–Crippen MR) is 81.1 cm³/mol. The van der Waals surface area contributed by atoms with Crippen LogP contribution in [0.2, 0.25) is 0 Å². The summed E-state index contributed by atoms with van der Waals surface area (Å²) >= 11 is 1.22. The zero-order valence-corrected chi connectivity index (χ0v) is 13.0. The van der Waals surface area contributed by atoms with Gasteiger partial charge in [-0.2, -0.15) is 0 Å². The van der Waals surface area contributed by atoms with Crippen LogP contribution in [-0.2, 0) is 4.79 Å². The third-order valence-electron chi connectivity index (χ3n) is 2.32. The predicted octanol–water partition coefficient (Wildman–Crippen LogP) is 0.436. The summed E-state index contributed by atoms with van der Waals surface area (Å²) in [6, 6.07) is 0.0954. The molecule has 0 saturated carbocycles. The number of hydrogen-bond acceptors (Lipinski definition) is 6. The zero-order valence-electron chi connectivity index (χ0n) is 12.2. The van der Waals surface area contributed by atoms with Crippen LogP contribution in [0, 0.1) is 0 Å². The molecule has 0 aromatic carbocycles. The number of nitrogens with two attached hydrogens (primary N) is 1. The van der Waals surface area contributed by atoms with Gasteiger partial charge in [0.2, 0.25) is 5.91 Å². The van der Waals surface area contributed by atoms with Crippen molar-refractivity contribution < 1.29 is 9.59 Å². The van der Waals surface area contributed by atoms with Crippen LogP contribution < -0.4 is 21.3 Å². The average molecular weight is 299 g/mol. The van der Waals surface area contributed by atoms with E-state index in [4.69, 9.17) is 5.73 Å². The van der Waals surface area contributed by atoms with Gasteiger partial charge in [-0.1, -0.05) is 11.3 Å². The number of thiazole rings is 1. The fourth-order valence-corrected chi connectivity index (χ4v) is 2.26. The normalized spacial score (nSPS) is 10.4. The van der Waals surface area contributed by atoms with Gasteiger partial charge >= 0.3 is 0 Å².